The minimum absolute atomic E-state index is 0. The van der Waals surface area contributed by atoms with Gasteiger partial charge in [-0.1, -0.05) is 39.5 Å². The first-order valence-electron chi connectivity index (χ1n) is 5.68. The third-order valence-electron chi connectivity index (χ3n) is 2.32. The van der Waals surface area contributed by atoms with Crippen LogP contribution in [0.3, 0.4) is 0 Å². The van der Waals surface area contributed by atoms with Crippen LogP contribution in [-0.2, 0) is 39.9 Å². The summed E-state index contributed by atoms with van der Waals surface area (Å²) in [7, 11) is 0. The van der Waals surface area contributed by atoms with Gasteiger partial charge in [0, 0.05) is 40.4 Å². The van der Waals surface area contributed by atoms with Crippen molar-refractivity contribution in [2.75, 3.05) is 13.1 Å². The van der Waals surface area contributed by atoms with Gasteiger partial charge in [0.05, 0.1) is 0 Å². The van der Waals surface area contributed by atoms with Crippen molar-refractivity contribution in [1.82, 2.24) is 4.90 Å². The van der Waals surface area contributed by atoms with Crippen molar-refractivity contribution in [1.29, 1.82) is 0 Å². The first-order chi connectivity index (χ1) is 6.72. The Hall–Kier alpha value is 0.612. The van der Waals surface area contributed by atoms with Gasteiger partial charge in [0.15, 0.2) is 0 Å². The molecule has 0 radical (unpaired) electrons. The van der Waals surface area contributed by atoms with Gasteiger partial charge in [-0.2, -0.15) is 0 Å². The summed E-state index contributed by atoms with van der Waals surface area (Å²) in [5.74, 6) is 0. The van der Waals surface area contributed by atoms with Crippen molar-refractivity contribution in [3.8, 4) is 0 Å². The second-order valence-electron chi connectivity index (χ2n) is 3.67. The molecule has 0 rings (SSSR count). The molecule has 0 aliphatic rings. The molecule has 0 aromatic carbocycles. The third-order valence-corrected chi connectivity index (χ3v) is 2.58. The van der Waals surface area contributed by atoms with Gasteiger partial charge in [-0.15, -0.1) is 0 Å². The zero-order valence-corrected chi connectivity index (χ0v) is 15.0. The Bertz CT molecular complexity index is 146. The maximum absolute atomic E-state index is 11.1. The molecule has 15 heavy (non-hydrogen) atoms. The van der Waals surface area contributed by atoms with E-state index in [2.05, 4.69) is 26.5 Å². The summed E-state index contributed by atoms with van der Waals surface area (Å²) in [6.45, 7) is 6.02. The molecule has 86 valence electrons. The number of amides is 1. The molecule has 0 spiro atoms. The Morgan fingerprint density at radius 3 is 1.67 bits per heavy atom. The van der Waals surface area contributed by atoms with Gasteiger partial charge >= 0.3 is 0 Å². The Labute approximate surface area is 120 Å². The standard InChI is InChI=1S/C11H23NOS.Cd/c1-3-5-7-9-12(11(13)14)10-8-6-4-2;/h3-10H2,1-2H3,(H,13,14);/p-1. The quantitative estimate of drug-likeness (QED) is 0.387. The van der Waals surface area contributed by atoms with Crippen LogP contribution in [0.1, 0.15) is 52.4 Å². The Balaban J connectivity index is 0. The van der Waals surface area contributed by atoms with E-state index in [4.69, 9.17) is 0 Å². The van der Waals surface area contributed by atoms with E-state index in [1.165, 1.54) is 25.7 Å². The summed E-state index contributed by atoms with van der Waals surface area (Å²) in [6.07, 6.45) is 6.93. The molecule has 0 aliphatic heterocycles. The van der Waals surface area contributed by atoms with Gasteiger partial charge in [0.25, 0.3) is 0 Å². The van der Waals surface area contributed by atoms with Crippen LogP contribution in [0.5, 0.6) is 0 Å². The molecule has 0 saturated heterocycles. The van der Waals surface area contributed by atoms with Crippen molar-refractivity contribution in [3.63, 3.8) is 0 Å². The van der Waals surface area contributed by atoms with Crippen molar-refractivity contribution >= 4 is 17.9 Å². The number of carbonyl (C=O) groups is 1. The number of hydrogen-bond acceptors (Lipinski definition) is 2. The van der Waals surface area contributed by atoms with E-state index in [0.717, 1.165) is 25.9 Å². The zero-order valence-electron chi connectivity index (χ0n) is 10.1. The molecule has 0 aliphatic carbocycles. The van der Waals surface area contributed by atoms with E-state index < -0.39 is 0 Å². The fourth-order valence-corrected chi connectivity index (χ4v) is 1.58. The molecule has 0 aromatic rings. The summed E-state index contributed by atoms with van der Waals surface area (Å²) >= 11 is 4.69. The predicted molar refractivity (Wildman–Crippen MR) is 63.4 cm³/mol. The number of rotatable bonds is 8. The molecule has 0 N–H and O–H groups in total. The average Bonchev–Trinajstić information content (AvgIpc) is 2.15. The Morgan fingerprint density at radius 1 is 1.00 bits per heavy atom. The van der Waals surface area contributed by atoms with Crippen LogP contribution >= 0.6 is 0 Å². The number of nitrogens with zero attached hydrogens (tertiary/aromatic N) is 1. The minimum atomic E-state index is -0.183. The fourth-order valence-electron chi connectivity index (χ4n) is 1.40. The van der Waals surface area contributed by atoms with Crippen LogP contribution < -0.4 is 0 Å². The van der Waals surface area contributed by atoms with Gasteiger partial charge < -0.3 is 22.3 Å². The van der Waals surface area contributed by atoms with Crippen molar-refractivity contribution in [2.24, 2.45) is 0 Å². The van der Waals surface area contributed by atoms with Gasteiger partial charge in [0.2, 0.25) is 0 Å². The van der Waals surface area contributed by atoms with E-state index in [0.29, 0.717) is 0 Å². The fraction of sp³-hybridized carbons (Fsp3) is 0.909. The average molecular weight is 329 g/mol. The van der Waals surface area contributed by atoms with Crippen LogP contribution in [0.2, 0.25) is 0 Å². The molecule has 2 nitrogen and oxygen atoms in total. The first-order valence-corrected chi connectivity index (χ1v) is 6.09. The molecule has 1 amide bonds. The van der Waals surface area contributed by atoms with Crippen molar-refractivity contribution in [3.05, 3.63) is 0 Å². The maximum Gasteiger partial charge on any atom is 0.101 e. The molecule has 0 aromatic heterocycles. The monoisotopic (exact) mass is 330 g/mol. The maximum atomic E-state index is 11.1. The summed E-state index contributed by atoms with van der Waals surface area (Å²) in [4.78, 5) is 12.9. The number of hydrogen-bond donors (Lipinski definition) is 0. The number of carbonyl (C=O) groups excluding carboxylic acids is 1. The number of unbranched alkanes of at least 4 members (excludes halogenated alkanes) is 4. The third kappa shape index (κ3) is 10.9. The molecular formula is C11H22CdNOS-. The van der Waals surface area contributed by atoms with Gasteiger partial charge in [-0.05, 0) is 12.8 Å². The summed E-state index contributed by atoms with van der Waals surface area (Å²) in [5.41, 5.74) is 0. The molecule has 4 heteroatoms. The predicted octanol–water partition coefficient (Wildman–Crippen LogP) is 3.33. The zero-order chi connectivity index (χ0) is 10.8. The van der Waals surface area contributed by atoms with E-state index in [9.17, 15) is 4.79 Å². The van der Waals surface area contributed by atoms with Crippen molar-refractivity contribution < 1.29 is 32.1 Å². The molecule has 0 bridgehead atoms. The van der Waals surface area contributed by atoms with E-state index >= 15 is 0 Å². The SMILES string of the molecule is CCCCCN(CCCCC)C(=O)[S-].[Cd]. The molecular weight excluding hydrogens is 307 g/mol. The summed E-state index contributed by atoms with van der Waals surface area (Å²) in [6, 6.07) is 0. The summed E-state index contributed by atoms with van der Waals surface area (Å²) < 4.78 is 0. The Kier molecular flexibility index (Phi) is 15.2. The van der Waals surface area contributed by atoms with Crippen LogP contribution in [0.25, 0.3) is 0 Å². The second kappa shape index (κ2) is 12.7. The van der Waals surface area contributed by atoms with Crippen LogP contribution in [0, 0.1) is 0 Å². The largest absolute Gasteiger partial charge is 0.719 e. The Morgan fingerprint density at radius 2 is 1.40 bits per heavy atom. The van der Waals surface area contributed by atoms with Gasteiger partial charge in [-0.25, -0.2) is 0 Å². The molecule has 0 atom stereocenters. The second-order valence-corrected chi connectivity index (χ2v) is 4.02. The summed E-state index contributed by atoms with van der Waals surface area (Å²) in [5, 5.41) is -0.183. The van der Waals surface area contributed by atoms with Crippen LogP contribution in [0.15, 0.2) is 0 Å². The van der Waals surface area contributed by atoms with E-state index in [1.54, 1.807) is 4.90 Å². The van der Waals surface area contributed by atoms with E-state index in [-0.39, 0.29) is 32.5 Å². The smallest absolute Gasteiger partial charge is 0.101 e. The first kappa shape index (κ1) is 18.0. The van der Waals surface area contributed by atoms with Crippen LogP contribution in [-0.4, -0.2) is 23.2 Å². The van der Waals surface area contributed by atoms with Gasteiger partial charge in [-0.3, -0.25) is 0 Å². The normalized spacial score (nSPS) is 9.47. The molecule has 0 heterocycles. The molecule has 0 unspecified atom stereocenters. The van der Waals surface area contributed by atoms with Gasteiger partial charge in [0.1, 0.15) is 5.24 Å². The van der Waals surface area contributed by atoms with Crippen molar-refractivity contribution in [2.45, 2.75) is 52.4 Å². The molecule has 0 saturated carbocycles. The topological polar surface area (TPSA) is 20.3 Å². The minimum Gasteiger partial charge on any atom is -0.719 e. The van der Waals surface area contributed by atoms with E-state index in [1.807, 2.05) is 0 Å². The molecule has 0 fully saturated rings. The van der Waals surface area contributed by atoms with Crippen LogP contribution in [0.4, 0.5) is 4.79 Å².